The SMILES string of the molecule is CCCSc1nc(N[C@@H]2C[C@H](OCCOC(C)(C)C)[C@H]3OC(C)(C)O[C@H]32)c([N+](=O)[O-])c(OC(=O)N[C@@H]2C[C@H]2c2ccc(F)c(F)c2)n1. The molecule has 258 valence electrons. The van der Waals surface area contributed by atoms with Gasteiger partial charge in [-0.3, -0.25) is 10.1 Å². The maximum atomic E-state index is 13.7. The van der Waals surface area contributed by atoms with Crippen molar-refractivity contribution in [3.63, 3.8) is 0 Å². The van der Waals surface area contributed by atoms with Crippen molar-refractivity contribution in [2.75, 3.05) is 24.3 Å². The Labute approximate surface area is 276 Å². The Morgan fingerprint density at radius 1 is 1.13 bits per heavy atom. The van der Waals surface area contributed by atoms with Crippen molar-refractivity contribution < 1.29 is 42.2 Å². The van der Waals surface area contributed by atoms with Crippen molar-refractivity contribution in [1.82, 2.24) is 15.3 Å². The minimum Gasteiger partial charge on any atom is -0.384 e. The molecule has 1 amide bonds. The molecule has 6 atom stereocenters. The van der Waals surface area contributed by atoms with E-state index in [1.165, 1.54) is 17.8 Å². The van der Waals surface area contributed by atoms with Gasteiger partial charge in [-0.25, -0.2) is 13.6 Å². The van der Waals surface area contributed by atoms with Crippen molar-refractivity contribution in [1.29, 1.82) is 0 Å². The molecule has 2 aliphatic carbocycles. The highest BCUT2D eigenvalue weighted by atomic mass is 32.2. The molecule has 2 saturated carbocycles. The number of halogens is 2. The number of anilines is 1. The zero-order chi connectivity index (χ0) is 34.1. The van der Waals surface area contributed by atoms with Crippen LogP contribution in [0.4, 0.5) is 25.1 Å². The molecule has 1 aliphatic heterocycles. The molecule has 47 heavy (non-hydrogen) atoms. The number of carbonyl (C=O) groups excluding carboxylic acids is 1. The van der Waals surface area contributed by atoms with E-state index in [0.29, 0.717) is 37.4 Å². The molecule has 13 nitrogen and oxygen atoms in total. The van der Waals surface area contributed by atoms with Gasteiger partial charge in [0.15, 0.2) is 22.6 Å². The topological polar surface area (TPSA) is 156 Å². The van der Waals surface area contributed by atoms with Gasteiger partial charge in [-0.2, -0.15) is 9.97 Å². The van der Waals surface area contributed by atoms with Crippen LogP contribution in [-0.2, 0) is 18.9 Å². The molecule has 5 rings (SSSR count). The molecule has 16 heteroatoms. The van der Waals surface area contributed by atoms with E-state index in [1.807, 2.05) is 27.7 Å². The predicted molar refractivity (Wildman–Crippen MR) is 168 cm³/mol. The van der Waals surface area contributed by atoms with Crippen LogP contribution in [0.3, 0.4) is 0 Å². The minimum atomic E-state index is -0.983. The average Bonchev–Trinajstić information content (AvgIpc) is 3.56. The average molecular weight is 682 g/mol. The molecule has 1 aromatic carbocycles. The number of thioether (sulfide) groups is 1. The third-order valence-electron chi connectivity index (χ3n) is 7.79. The van der Waals surface area contributed by atoms with Gasteiger partial charge in [-0.05, 0) is 71.6 Å². The third kappa shape index (κ3) is 8.84. The summed E-state index contributed by atoms with van der Waals surface area (Å²) in [6.07, 6.45) is -0.693. The molecule has 3 aliphatic rings. The fourth-order valence-electron chi connectivity index (χ4n) is 5.70. The van der Waals surface area contributed by atoms with Gasteiger partial charge in [0.05, 0.1) is 35.9 Å². The highest BCUT2D eigenvalue weighted by molar-refractivity contribution is 7.99. The van der Waals surface area contributed by atoms with E-state index in [1.54, 1.807) is 13.8 Å². The van der Waals surface area contributed by atoms with Crippen molar-refractivity contribution in [3.05, 3.63) is 45.5 Å². The molecule has 0 spiro atoms. The second-order valence-corrected chi connectivity index (χ2v) is 14.3. The third-order valence-corrected chi connectivity index (χ3v) is 8.84. The summed E-state index contributed by atoms with van der Waals surface area (Å²) in [6.45, 7) is 12.1. The van der Waals surface area contributed by atoms with Crippen LogP contribution in [0.15, 0.2) is 23.4 Å². The molecule has 2 N–H and O–H groups in total. The molecule has 1 aromatic heterocycles. The monoisotopic (exact) mass is 681 g/mol. The number of fused-ring (bicyclic) bond motifs is 1. The van der Waals surface area contributed by atoms with E-state index in [4.69, 9.17) is 23.7 Å². The van der Waals surface area contributed by atoms with Crippen LogP contribution in [0.2, 0.25) is 0 Å². The van der Waals surface area contributed by atoms with Gasteiger partial charge in [-0.1, -0.05) is 24.8 Å². The van der Waals surface area contributed by atoms with E-state index in [2.05, 4.69) is 20.6 Å². The number of hydrogen-bond donors (Lipinski definition) is 2. The number of nitrogens with zero attached hydrogens (tertiary/aromatic N) is 3. The standard InChI is InChI=1S/C31H41F2N5O8S/c1-7-12-47-28-36-26(34-21-15-22(42-10-11-43-30(2,3)4)25-24(21)45-31(5,6)46-25)23(38(40)41)27(37-28)44-29(39)35-20-14-17(20)16-8-9-18(32)19(33)13-16/h8-9,13,17,20-22,24-25H,7,10-12,14-15H2,1-6H3,(H,35,39)(H,34,36,37)/t17-,20+,21+,22-,24-,25+/m0/s1. The summed E-state index contributed by atoms with van der Waals surface area (Å²) in [5.41, 5.74) is -0.419. The summed E-state index contributed by atoms with van der Waals surface area (Å²) in [4.78, 5) is 33.3. The Bertz CT molecular complexity index is 1480. The van der Waals surface area contributed by atoms with Crippen LogP contribution in [0.25, 0.3) is 0 Å². The molecule has 0 bridgehead atoms. The zero-order valence-corrected chi connectivity index (χ0v) is 28.0. The number of benzene rings is 1. The van der Waals surface area contributed by atoms with Crippen molar-refractivity contribution in [2.45, 2.75) is 114 Å². The Balaban J connectivity index is 1.33. The molecule has 3 fully saturated rings. The highest BCUT2D eigenvalue weighted by Crippen LogP contribution is 2.44. The van der Waals surface area contributed by atoms with Crippen molar-refractivity contribution in [3.8, 4) is 5.88 Å². The largest absolute Gasteiger partial charge is 0.414 e. The smallest absolute Gasteiger partial charge is 0.384 e. The molecule has 2 heterocycles. The lowest BCUT2D eigenvalue weighted by atomic mass is 10.1. The predicted octanol–water partition coefficient (Wildman–Crippen LogP) is 5.71. The summed E-state index contributed by atoms with van der Waals surface area (Å²) in [5, 5.41) is 18.4. The van der Waals surface area contributed by atoms with Crippen LogP contribution in [0.5, 0.6) is 5.88 Å². The second kappa shape index (κ2) is 14.1. The fourth-order valence-corrected chi connectivity index (χ4v) is 6.39. The number of rotatable bonds is 13. The summed E-state index contributed by atoms with van der Waals surface area (Å²) < 4.78 is 56.8. The normalized spacial score (nSPS) is 26.1. The lowest BCUT2D eigenvalue weighted by Crippen LogP contribution is -2.35. The maximum Gasteiger partial charge on any atom is 0.414 e. The number of nitrogens with one attached hydrogen (secondary N) is 2. The number of ether oxygens (including phenoxy) is 5. The van der Waals surface area contributed by atoms with E-state index < -0.39 is 64.3 Å². The van der Waals surface area contributed by atoms with Crippen LogP contribution in [-0.4, -0.2) is 81.7 Å². The molecule has 0 radical (unpaired) electrons. The maximum absolute atomic E-state index is 13.7. The molecular weight excluding hydrogens is 640 g/mol. The fraction of sp³-hybridized carbons (Fsp3) is 0.645. The van der Waals surface area contributed by atoms with Gasteiger partial charge in [-0.15, -0.1) is 0 Å². The van der Waals surface area contributed by atoms with E-state index in [-0.39, 0.29) is 28.6 Å². The van der Waals surface area contributed by atoms with Crippen molar-refractivity contribution >= 4 is 29.4 Å². The number of nitro groups is 1. The van der Waals surface area contributed by atoms with Gasteiger partial charge >= 0.3 is 17.7 Å². The highest BCUT2D eigenvalue weighted by Gasteiger charge is 2.55. The minimum absolute atomic E-state index is 0.133. The first kappa shape index (κ1) is 35.1. The second-order valence-electron chi connectivity index (χ2n) is 13.2. The first-order chi connectivity index (χ1) is 22.1. The first-order valence-electron chi connectivity index (χ1n) is 15.6. The van der Waals surface area contributed by atoms with Crippen LogP contribution < -0.4 is 15.4 Å². The summed E-state index contributed by atoms with van der Waals surface area (Å²) in [7, 11) is 0. The summed E-state index contributed by atoms with van der Waals surface area (Å²) in [5.74, 6) is -3.16. The first-order valence-corrected chi connectivity index (χ1v) is 16.6. The number of hydrogen-bond acceptors (Lipinski definition) is 12. The summed E-state index contributed by atoms with van der Waals surface area (Å²) in [6, 6.07) is 2.63. The van der Waals surface area contributed by atoms with E-state index in [0.717, 1.165) is 18.6 Å². The molecule has 1 saturated heterocycles. The van der Waals surface area contributed by atoms with Crippen molar-refractivity contribution in [2.24, 2.45) is 0 Å². The van der Waals surface area contributed by atoms with Crippen LogP contribution >= 0.6 is 11.8 Å². The van der Waals surface area contributed by atoms with E-state index >= 15 is 0 Å². The number of amides is 1. The quantitative estimate of drug-likeness (QED) is 0.0874. The summed E-state index contributed by atoms with van der Waals surface area (Å²) >= 11 is 1.26. The Morgan fingerprint density at radius 3 is 2.55 bits per heavy atom. The van der Waals surface area contributed by atoms with Gasteiger partial charge in [0.1, 0.15) is 12.2 Å². The van der Waals surface area contributed by atoms with Gasteiger partial charge in [0.2, 0.25) is 5.82 Å². The van der Waals surface area contributed by atoms with Crippen LogP contribution in [0, 0.1) is 21.7 Å². The van der Waals surface area contributed by atoms with Gasteiger partial charge in [0, 0.05) is 17.7 Å². The van der Waals surface area contributed by atoms with E-state index in [9.17, 15) is 23.7 Å². The lowest BCUT2D eigenvalue weighted by molar-refractivity contribution is -0.385. The van der Waals surface area contributed by atoms with Gasteiger partial charge < -0.3 is 34.3 Å². The molecular formula is C31H41F2N5O8S. The molecule has 0 unspecified atom stereocenters. The number of carbonyl (C=O) groups is 1. The Morgan fingerprint density at radius 2 is 1.87 bits per heavy atom. The van der Waals surface area contributed by atoms with Gasteiger partial charge in [0.25, 0.3) is 0 Å². The molecule has 2 aromatic rings. The Hall–Kier alpha value is -3.18. The lowest BCUT2D eigenvalue weighted by Gasteiger charge is -2.25. The number of aromatic nitrogens is 2. The van der Waals surface area contributed by atoms with Crippen LogP contribution in [0.1, 0.15) is 72.3 Å². The Kier molecular flexibility index (Phi) is 10.6. The zero-order valence-electron chi connectivity index (χ0n) is 27.2.